The van der Waals surface area contributed by atoms with Crippen LogP contribution in [0.15, 0.2) is 0 Å². The van der Waals surface area contributed by atoms with E-state index in [1.807, 2.05) is 20.8 Å². The van der Waals surface area contributed by atoms with Crippen LogP contribution in [0.3, 0.4) is 0 Å². The molecule has 0 fully saturated rings. The molecule has 0 saturated heterocycles. The second-order valence-corrected chi connectivity index (χ2v) is 6.12. The van der Waals surface area contributed by atoms with Crippen molar-refractivity contribution >= 4 is 9.84 Å². The van der Waals surface area contributed by atoms with Crippen LogP contribution in [0.5, 0.6) is 0 Å². The molecule has 0 aromatic rings. The van der Waals surface area contributed by atoms with Crippen LogP contribution in [-0.2, 0) is 9.84 Å². The van der Waals surface area contributed by atoms with E-state index < -0.39 is 9.84 Å². The first kappa shape index (κ1) is 12.9. The summed E-state index contributed by atoms with van der Waals surface area (Å²) in [6.07, 6.45) is 1.48. The average molecular weight is 207 g/mol. The third-order valence-electron chi connectivity index (χ3n) is 2.12. The molecule has 80 valence electrons. The molecular weight excluding hydrogens is 186 g/mol. The predicted molar refractivity (Wildman–Crippen MR) is 56.4 cm³/mol. The highest BCUT2D eigenvalue weighted by atomic mass is 32.2. The van der Waals surface area contributed by atoms with E-state index in [2.05, 4.69) is 0 Å². The third kappa shape index (κ3) is 7.02. The molecule has 0 heterocycles. The molecule has 0 aliphatic heterocycles. The van der Waals surface area contributed by atoms with E-state index >= 15 is 0 Å². The van der Waals surface area contributed by atoms with Gasteiger partial charge in [-0.25, -0.2) is 8.42 Å². The Labute approximate surface area is 81.6 Å². The van der Waals surface area contributed by atoms with Crippen molar-refractivity contribution in [1.82, 2.24) is 0 Å². The lowest BCUT2D eigenvalue weighted by Crippen LogP contribution is -2.23. The molecule has 0 spiro atoms. The summed E-state index contributed by atoms with van der Waals surface area (Å²) in [5, 5.41) is 0. The van der Waals surface area contributed by atoms with E-state index in [1.54, 1.807) is 0 Å². The highest BCUT2D eigenvalue weighted by Gasteiger charge is 2.14. The molecule has 0 aliphatic rings. The maximum atomic E-state index is 11.4. The van der Waals surface area contributed by atoms with E-state index in [-0.39, 0.29) is 17.7 Å². The Balaban J connectivity index is 3.95. The Morgan fingerprint density at radius 3 is 2.23 bits per heavy atom. The number of hydrogen-bond acceptors (Lipinski definition) is 3. The number of rotatable bonds is 6. The molecule has 0 amide bonds. The Kier molecular flexibility index (Phi) is 5.56. The van der Waals surface area contributed by atoms with Crippen molar-refractivity contribution in [2.24, 2.45) is 11.7 Å². The fraction of sp³-hybridized carbons (Fsp3) is 1.00. The molecule has 2 atom stereocenters. The van der Waals surface area contributed by atoms with Crippen molar-refractivity contribution in [1.29, 1.82) is 0 Å². The molecule has 0 aromatic carbocycles. The molecule has 3 nitrogen and oxygen atoms in total. The van der Waals surface area contributed by atoms with Crippen LogP contribution >= 0.6 is 0 Å². The van der Waals surface area contributed by atoms with Gasteiger partial charge in [-0.3, -0.25) is 0 Å². The quantitative estimate of drug-likeness (QED) is 0.711. The Morgan fingerprint density at radius 2 is 1.85 bits per heavy atom. The summed E-state index contributed by atoms with van der Waals surface area (Å²) in [5.74, 6) is 0.795. The lowest BCUT2D eigenvalue weighted by molar-refractivity contribution is 0.558. The Bertz CT molecular complexity index is 222. The highest BCUT2D eigenvalue weighted by Crippen LogP contribution is 2.07. The zero-order valence-corrected chi connectivity index (χ0v) is 9.60. The molecule has 13 heavy (non-hydrogen) atoms. The van der Waals surface area contributed by atoms with Crippen molar-refractivity contribution < 1.29 is 8.42 Å². The lowest BCUT2D eigenvalue weighted by atomic mass is 10.2. The minimum Gasteiger partial charge on any atom is -0.328 e. The van der Waals surface area contributed by atoms with Gasteiger partial charge >= 0.3 is 0 Å². The molecule has 0 aliphatic carbocycles. The van der Waals surface area contributed by atoms with Crippen LogP contribution in [0.25, 0.3) is 0 Å². The molecule has 2 unspecified atom stereocenters. The maximum absolute atomic E-state index is 11.4. The van der Waals surface area contributed by atoms with Gasteiger partial charge in [0.25, 0.3) is 0 Å². The second-order valence-electron chi connectivity index (χ2n) is 3.89. The summed E-state index contributed by atoms with van der Waals surface area (Å²) in [4.78, 5) is 0. The summed E-state index contributed by atoms with van der Waals surface area (Å²) in [7, 11) is -2.87. The Hall–Kier alpha value is -0.0900. The fourth-order valence-corrected chi connectivity index (χ4v) is 3.00. The van der Waals surface area contributed by atoms with Crippen molar-refractivity contribution in [3.05, 3.63) is 0 Å². The zero-order valence-electron chi connectivity index (χ0n) is 8.79. The van der Waals surface area contributed by atoms with Crippen molar-refractivity contribution in [2.75, 3.05) is 11.5 Å². The van der Waals surface area contributed by atoms with Gasteiger partial charge in [-0.2, -0.15) is 0 Å². The van der Waals surface area contributed by atoms with E-state index in [0.717, 1.165) is 6.42 Å². The van der Waals surface area contributed by atoms with Crippen molar-refractivity contribution in [3.8, 4) is 0 Å². The van der Waals surface area contributed by atoms with Crippen molar-refractivity contribution in [3.63, 3.8) is 0 Å². The molecule has 0 aromatic heterocycles. The molecule has 2 N–H and O–H groups in total. The first-order chi connectivity index (χ1) is 5.87. The van der Waals surface area contributed by atoms with Gasteiger partial charge in [0.15, 0.2) is 9.84 Å². The topological polar surface area (TPSA) is 60.2 Å². The minimum atomic E-state index is -2.87. The standard InChI is InChI=1S/C9H21NO2S/c1-4-8(2)7-13(11,12)6-5-9(3)10/h8-9H,4-7,10H2,1-3H3. The van der Waals surface area contributed by atoms with Gasteiger partial charge in [0, 0.05) is 6.04 Å². The van der Waals surface area contributed by atoms with Gasteiger partial charge in [0.2, 0.25) is 0 Å². The molecule has 0 bridgehead atoms. The number of hydrogen-bond donors (Lipinski definition) is 1. The number of nitrogens with two attached hydrogens (primary N) is 1. The third-order valence-corrected chi connectivity index (χ3v) is 4.05. The van der Waals surface area contributed by atoms with Gasteiger partial charge in [0.1, 0.15) is 0 Å². The van der Waals surface area contributed by atoms with Crippen LogP contribution in [0.2, 0.25) is 0 Å². The maximum Gasteiger partial charge on any atom is 0.150 e. The molecule has 0 saturated carbocycles. The van der Waals surface area contributed by atoms with E-state index in [4.69, 9.17) is 5.73 Å². The number of sulfone groups is 1. The summed E-state index contributed by atoms with van der Waals surface area (Å²) < 4.78 is 22.9. The Morgan fingerprint density at radius 1 is 1.31 bits per heavy atom. The lowest BCUT2D eigenvalue weighted by Gasteiger charge is -2.10. The minimum absolute atomic E-state index is 0.0216. The van der Waals surface area contributed by atoms with Crippen LogP contribution in [0, 0.1) is 5.92 Å². The van der Waals surface area contributed by atoms with Crippen molar-refractivity contribution in [2.45, 2.75) is 39.7 Å². The molecular formula is C9H21NO2S. The smallest absolute Gasteiger partial charge is 0.150 e. The second kappa shape index (κ2) is 5.60. The normalized spacial score (nSPS) is 16.9. The molecule has 0 radical (unpaired) electrons. The van der Waals surface area contributed by atoms with E-state index in [9.17, 15) is 8.42 Å². The monoisotopic (exact) mass is 207 g/mol. The van der Waals surface area contributed by atoms with E-state index in [1.165, 1.54) is 0 Å². The summed E-state index contributed by atoms with van der Waals surface area (Å²) in [5.41, 5.74) is 5.50. The van der Waals surface area contributed by atoms with Gasteiger partial charge in [-0.1, -0.05) is 20.3 Å². The van der Waals surface area contributed by atoms with Gasteiger partial charge in [-0.15, -0.1) is 0 Å². The molecule has 0 rings (SSSR count). The summed E-state index contributed by atoms with van der Waals surface area (Å²) in [6.45, 7) is 5.80. The van der Waals surface area contributed by atoms with Gasteiger partial charge < -0.3 is 5.73 Å². The highest BCUT2D eigenvalue weighted by molar-refractivity contribution is 7.91. The predicted octanol–water partition coefficient (Wildman–Crippen LogP) is 1.18. The summed E-state index contributed by atoms with van der Waals surface area (Å²) >= 11 is 0. The van der Waals surface area contributed by atoms with Gasteiger partial charge in [-0.05, 0) is 19.3 Å². The van der Waals surface area contributed by atoms with Crippen LogP contribution in [0.1, 0.15) is 33.6 Å². The first-order valence-corrected chi connectivity index (χ1v) is 6.65. The molecule has 4 heteroatoms. The van der Waals surface area contributed by atoms with Crippen LogP contribution in [-0.4, -0.2) is 26.0 Å². The van der Waals surface area contributed by atoms with Gasteiger partial charge in [0.05, 0.1) is 11.5 Å². The van der Waals surface area contributed by atoms with Crippen LogP contribution in [0.4, 0.5) is 0 Å². The average Bonchev–Trinajstić information content (AvgIpc) is 2.00. The zero-order chi connectivity index (χ0) is 10.5. The summed E-state index contributed by atoms with van der Waals surface area (Å²) in [6, 6.07) is -0.0216. The fourth-order valence-electron chi connectivity index (χ4n) is 1.00. The first-order valence-electron chi connectivity index (χ1n) is 4.83. The largest absolute Gasteiger partial charge is 0.328 e. The van der Waals surface area contributed by atoms with E-state index in [0.29, 0.717) is 12.2 Å². The SMILES string of the molecule is CCC(C)CS(=O)(=O)CCC(C)N. The van der Waals surface area contributed by atoms with Crippen LogP contribution < -0.4 is 5.73 Å².